The number of anilines is 1. The highest BCUT2D eigenvalue weighted by Gasteiger charge is 2.71. The number of carbonyl (C=O) groups excluding carboxylic acids is 3. The van der Waals surface area contributed by atoms with Crippen molar-refractivity contribution in [1.82, 2.24) is 15.2 Å². The van der Waals surface area contributed by atoms with E-state index in [4.69, 9.17) is 15.3 Å². The molecule has 4 rings (SSSR count). The standard InChI is InChI=1S/C18H19N5O9S2/c1-17(2,14(27)28)32-22-10(6-4-34-16(19)20-6)12(25)21-11-7-5-33-8-3-9(24)31-18(8,15(29)30)23(7)13(11)26/h4,7-8,11H,3,5H2,1-2H3,(H2,19,20)(H,21,25)(H,27,28)(H,29,30)/b22-10-/t7-,8-,11+,18+/m1/s1. The van der Waals surface area contributed by atoms with Gasteiger partial charge in [-0.2, -0.15) is 0 Å². The first-order valence-electron chi connectivity index (χ1n) is 9.80. The smallest absolute Gasteiger partial charge is 0.371 e. The first-order valence-corrected chi connectivity index (χ1v) is 11.7. The number of nitrogen functional groups attached to an aromatic ring is 1. The number of amides is 2. The van der Waals surface area contributed by atoms with E-state index in [1.807, 2.05) is 0 Å². The summed E-state index contributed by atoms with van der Waals surface area (Å²) in [5, 5.41) is 25.9. The lowest BCUT2D eigenvalue weighted by Gasteiger charge is -2.56. The molecule has 3 aliphatic rings. The summed E-state index contributed by atoms with van der Waals surface area (Å²) in [6.07, 6.45) is -0.150. The monoisotopic (exact) mass is 513 g/mol. The van der Waals surface area contributed by atoms with Crippen LogP contribution in [0.5, 0.6) is 0 Å². The molecule has 0 radical (unpaired) electrons. The van der Waals surface area contributed by atoms with Crippen molar-refractivity contribution in [3.8, 4) is 0 Å². The van der Waals surface area contributed by atoms with Crippen LogP contribution in [0.2, 0.25) is 0 Å². The molecule has 3 aliphatic heterocycles. The minimum absolute atomic E-state index is 0.00497. The van der Waals surface area contributed by atoms with Gasteiger partial charge in [-0.05, 0) is 13.8 Å². The second-order valence-corrected chi connectivity index (χ2v) is 10.3. The third-order valence-electron chi connectivity index (χ3n) is 5.56. The molecule has 3 fully saturated rings. The molecule has 182 valence electrons. The first-order chi connectivity index (χ1) is 15.9. The average molecular weight is 514 g/mol. The maximum Gasteiger partial charge on any atom is 0.371 e. The Kier molecular flexibility index (Phi) is 5.67. The lowest BCUT2D eigenvalue weighted by atomic mass is 9.89. The number of thioether (sulfide) groups is 1. The third kappa shape index (κ3) is 3.62. The Hall–Kier alpha value is -3.40. The van der Waals surface area contributed by atoms with Gasteiger partial charge in [0.2, 0.25) is 5.60 Å². The fraction of sp³-hybridized carbons (Fsp3) is 0.500. The number of thiazole rings is 1. The molecule has 1 aromatic rings. The number of nitrogens with two attached hydrogens (primary N) is 1. The normalized spacial score (nSPS) is 28.4. The molecule has 0 aliphatic carbocycles. The van der Waals surface area contributed by atoms with Gasteiger partial charge in [-0.15, -0.1) is 23.1 Å². The zero-order valence-corrected chi connectivity index (χ0v) is 19.3. The lowest BCUT2D eigenvalue weighted by Crippen LogP contribution is -2.82. The van der Waals surface area contributed by atoms with Gasteiger partial charge < -0.3 is 30.8 Å². The molecule has 0 unspecified atom stereocenters. The minimum Gasteiger partial charge on any atom is -0.478 e. The molecular formula is C18H19N5O9S2. The van der Waals surface area contributed by atoms with Gasteiger partial charge in [-0.3, -0.25) is 19.3 Å². The molecule has 34 heavy (non-hydrogen) atoms. The van der Waals surface area contributed by atoms with E-state index in [1.54, 1.807) is 0 Å². The number of ether oxygens (including phenoxy) is 1. The number of aliphatic carboxylic acids is 2. The van der Waals surface area contributed by atoms with Gasteiger partial charge in [0, 0.05) is 11.1 Å². The summed E-state index contributed by atoms with van der Waals surface area (Å²) >= 11 is 2.17. The predicted molar refractivity (Wildman–Crippen MR) is 116 cm³/mol. The molecule has 16 heteroatoms. The van der Waals surface area contributed by atoms with Crippen LogP contribution in [0, 0.1) is 0 Å². The number of fused-ring (bicyclic) bond motifs is 3. The van der Waals surface area contributed by atoms with Crippen LogP contribution in [0.25, 0.3) is 0 Å². The maximum absolute atomic E-state index is 13.0. The number of aromatic nitrogens is 1. The van der Waals surface area contributed by atoms with Crippen molar-refractivity contribution in [2.75, 3.05) is 11.5 Å². The maximum atomic E-state index is 13.0. The van der Waals surface area contributed by atoms with Crippen LogP contribution in [0.3, 0.4) is 0 Å². The number of carbonyl (C=O) groups is 5. The SMILES string of the molecule is CC(C)(O/N=C(\C(=O)N[C@@H]1C(=O)N2[C@@H]1CS[C@@H]1CC(=O)O[C@]12C(=O)O)c1csc(N)n1)C(=O)O. The van der Waals surface area contributed by atoms with Crippen LogP contribution in [0.15, 0.2) is 10.5 Å². The summed E-state index contributed by atoms with van der Waals surface area (Å²) in [5.41, 5.74) is 1.30. The molecule has 2 amide bonds. The molecule has 0 bridgehead atoms. The minimum atomic E-state index is -2.13. The van der Waals surface area contributed by atoms with E-state index in [-0.39, 0.29) is 23.0 Å². The number of carboxylic acids is 2. The molecule has 4 atom stereocenters. The number of esters is 1. The summed E-state index contributed by atoms with van der Waals surface area (Å²) in [6.45, 7) is 2.45. The van der Waals surface area contributed by atoms with Crippen LogP contribution in [0.1, 0.15) is 26.0 Å². The van der Waals surface area contributed by atoms with Crippen molar-refractivity contribution in [2.24, 2.45) is 5.16 Å². The van der Waals surface area contributed by atoms with E-state index < -0.39 is 64.1 Å². The number of nitrogens with one attached hydrogen (secondary N) is 1. The van der Waals surface area contributed by atoms with E-state index >= 15 is 0 Å². The van der Waals surface area contributed by atoms with Crippen LogP contribution in [-0.4, -0.2) is 89.9 Å². The van der Waals surface area contributed by atoms with E-state index in [0.717, 1.165) is 16.2 Å². The Balaban J connectivity index is 1.57. The molecule has 5 N–H and O–H groups in total. The molecule has 0 aromatic carbocycles. The van der Waals surface area contributed by atoms with Crippen molar-refractivity contribution in [2.45, 2.75) is 48.9 Å². The highest BCUT2D eigenvalue weighted by atomic mass is 32.2. The molecule has 14 nitrogen and oxygen atoms in total. The molecule has 0 spiro atoms. The highest BCUT2D eigenvalue weighted by Crippen LogP contribution is 2.49. The molecule has 1 aromatic heterocycles. The number of rotatable bonds is 7. The van der Waals surface area contributed by atoms with Crippen molar-refractivity contribution in [3.05, 3.63) is 11.1 Å². The summed E-state index contributed by atoms with van der Waals surface area (Å²) in [4.78, 5) is 71.1. The van der Waals surface area contributed by atoms with Gasteiger partial charge >= 0.3 is 17.9 Å². The highest BCUT2D eigenvalue weighted by molar-refractivity contribution is 8.00. The number of hydrogen-bond donors (Lipinski definition) is 4. The lowest BCUT2D eigenvalue weighted by molar-refractivity contribution is -0.213. The van der Waals surface area contributed by atoms with Crippen LogP contribution < -0.4 is 11.1 Å². The fourth-order valence-electron chi connectivity index (χ4n) is 3.74. The van der Waals surface area contributed by atoms with Gasteiger partial charge in [0.25, 0.3) is 17.5 Å². The van der Waals surface area contributed by atoms with Crippen LogP contribution in [-0.2, 0) is 33.5 Å². The number of hydrogen-bond acceptors (Lipinski definition) is 12. The van der Waals surface area contributed by atoms with Gasteiger partial charge in [-0.25, -0.2) is 14.6 Å². The summed E-state index contributed by atoms with van der Waals surface area (Å²) in [7, 11) is 0. The van der Waals surface area contributed by atoms with Crippen LogP contribution >= 0.6 is 23.1 Å². The summed E-state index contributed by atoms with van der Waals surface area (Å²) in [5.74, 6) is -4.93. The zero-order chi connectivity index (χ0) is 25.0. The Labute approximate surface area is 199 Å². The topological polar surface area (TPSA) is 211 Å². The van der Waals surface area contributed by atoms with Crippen LogP contribution in [0.4, 0.5) is 5.13 Å². The van der Waals surface area contributed by atoms with E-state index in [2.05, 4.69) is 15.5 Å². The van der Waals surface area contributed by atoms with Gasteiger partial charge in [0.1, 0.15) is 11.7 Å². The quantitative estimate of drug-likeness (QED) is 0.147. The Morgan fingerprint density at radius 1 is 1.38 bits per heavy atom. The van der Waals surface area contributed by atoms with E-state index in [9.17, 15) is 34.2 Å². The molecule has 4 heterocycles. The number of oxime groups is 1. The van der Waals surface area contributed by atoms with Crippen molar-refractivity contribution in [1.29, 1.82) is 0 Å². The average Bonchev–Trinajstić information content (AvgIpc) is 3.33. The predicted octanol–water partition coefficient (Wildman–Crippen LogP) is -1.15. The number of nitrogens with zero attached hydrogens (tertiary/aromatic N) is 3. The molecule has 0 saturated carbocycles. The van der Waals surface area contributed by atoms with Gasteiger partial charge in [0.15, 0.2) is 10.8 Å². The van der Waals surface area contributed by atoms with E-state index in [1.165, 1.54) is 31.0 Å². The Morgan fingerprint density at radius 2 is 2.09 bits per heavy atom. The van der Waals surface area contributed by atoms with Crippen molar-refractivity contribution in [3.63, 3.8) is 0 Å². The Bertz CT molecular complexity index is 1130. The third-order valence-corrected chi connectivity index (χ3v) is 7.65. The number of carboxylic acid groups (broad SMARTS) is 2. The zero-order valence-electron chi connectivity index (χ0n) is 17.7. The molecule has 3 saturated heterocycles. The van der Waals surface area contributed by atoms with Gasteiger partial charge in [0.05, 0.1) is 17.7 Å². The largest absolute Gasteiger partial charge is 0.478 e. The second-order valence-electron chi connectivity index (χ2n) is 8.15. The fourth-order valence-corrected chi connectivity index (χ4v) is 5.80. The second kappa shape index (κ2) is 8.12. The van der Waals surface area contributed by atoms with Crippen molar-refractivity contribution >= 4 is 63.7 Å². The summed E-state index contributed by atoms with van der Waals surface area (Å²) in [6, 6.07) is -1.90. The molecular weight excluding hydrogens is 494 g/mol. The Morgan fingerprint density at radius 3 is 2.68 bits per heavy atom. The number of β-lactam (4-membered cyclic amide) rings is 1. The van der Waals surface area contributed by atoms with E-state index in [0.29, 0.717) is 0 Å². The van der Waals surface area contributed by atoms with Gasteiger partial charge in [-0.1, -0.05) is 5.16 Å². The first kappa shape index (κ1) is 23.7. The summed E-state index contributed by atoms with van der Waals surface area (Å²) < 4.78 is 5.10. The van der Waals surface area contributed by atoms with Crippen molar-refractivity contribution < 1.29 is 43.8 Å².